The second-order valence-corrected chi connectivity index (χ2v) is 7.60. The molecule has 0 amide bonds. The molecule has 2 heterocycles. The zero-order valence-electron chi connectivity index (χ0n) is 17.3. The number of rotatable bonds is 7. The molecule has 1 aliphatic rings. The Hall–Kier alpha value is -4.19. The van der Waals surface area contributed by atoms with E-state index in [1.54, 1.807) is 12.1 Å². The highest BCUT2D eigenvalue weighted by atomic mass is 16.5. The number of ether oxygens (including phenoxy) is 2. The van der Waals surface area contributed by atoms with E-state index in [1.807, 2.05) is 89.8 Å². The number of anilines is 1. The van der Waals surface area contributed by atoms with Crippen molar-refractivity contribution in [2.24, 2.45) is 0 Å². The molecule has 160 valence electrons. The van der Waals surface area contributed by atoms with Crippen LogP contribution in [-0.2, 0) is 0 Å². The summed E-state index contributed by atoms with van der Waals surface area (Å²) in [5.74, 6) is 1.29. The number of para-hydroxylation sites is 2. The molecule has 0 radical (unpaired) electrons. The molecule has 1 fully saturated rings. The SMILES string of the molecule is O=C(O)c1cccc(N2CC(Oc3cccc(Oc4ccccc4)c3)C2)c1-n1cccc1. The van der Waals surface area contributed by atoms with Gasteiger partial charge in [-0.25, -0.2) is 4.79 Å². The summed E-state index contributed by atoms with van der Waals surface area (Å²) in [4.78, 5) is 13.9. The fourth-order valence-electron chi connectivity index (χ4n) is 3.85. The van der Waals surface area contributed by atoms with Gasteiger partial charge in [-0.1, -0.05) is 30.3 Å². The minimum Gasteiger partial charge on any atom is -0.487 e. The Morgan fingerprint density at radius 2 is 1.50 bits per heavy atom. The molecule has 0 saturated carbocycles. The molecule has 6 heteroatoms. The molecule has 32 heavy (non-hydrogen) atoms. The van der Waals surface area contributed by atoms with Crippen molar-refractivity contribution in [2.75, 3.05) is 18.0 Å². The number of hydrogen-bond acceptors (Lipinski definition) is 4. The van der Waals surface area contributed by atoms with Gasteiger partial charge in [0.2, 0.25) is 0 Å². The summed E-state index contributed by atoms with van der Waals surface area (Å²) >= 11 is 0. The molecular formula is C26H22N2O4. The van der Waals surface area contributed by atoms with Gasteiger partial charge in [0.05, 0.1) is 30.0 Å². The summed E-state index contributed by atoms with van der Waals surface area (Å²) in [5.41, 5.74) is 1.82. The molecule has 1 aromatic heterocycles. The number of aromatic nitrogens is 1. The lowest BCUT2D eigenvalue weighted by Crippen LogP contribution is -2.54. The maximum Gasteiger partial charge on any atom is 0.337 e. The van der Waals surface area contributed by atoms with Crippen LogP contribution in [-0.4, -0.2) is 34.8 Å². The van der Waals surface area contributed by atoms with Crippen molar-refractivity contribution in [3.63, 3.8) is 0 Å². The number of carboxylic acids is 1. The van der Waals surface area contributed by atoms with Crippen LogP contribution in [0.15, 0.2) is 97.3 Å². The zero-order valence-corrected chi connectivity index (χ0v) is 17.3. The van der Waals surface area contributed by atoms with Crippen molar-refractivity contribution < 1.29 is 19.4 Å². The molecule has 6 nitrogen and oxygen atoms in total. The lowest BCUT2D eigenvalue weighted by atomic mass is 10.1. The fourth-order valence-corrected chi connectivity index (χ4v) is 3.85. The van der Waals surface area contributed by atoms with Crippen LogP contribution in [0.4, 0.5) is 5.69 Å². The van der Waals surface area contributed by atoms with E-state index in [2.05, 4.69) is 4.90 Å². The summed E-state index contributed by atoms with van der Waals surface area (Å²) < 4.78 is 13.9. The molecule has 0 aliphatic carbocycles. The first-order valence-electron chi connectivity index (χ1n) is 10.4. The van der Waals surface area contributed by atoms with Crippen LogP contribution in [0.5, 0.6) is 17.2 Å². The molecule has 0 atom stereocenters. The van der Waals surface area contributed by atoms with E-state index >= 15 is 0 Å². The van der Waals surface area contributed by atoms with Gasteiger partial charge in [0, 0.05) is 18.5 Å². The first-order chi connectivity index (χ1) is 15.7. The van der Waals surface area contributed by atoms with Crippen molar-refractivity contribution in [2.45, 2.75) is 6.10 Å². The predicted octanol–water partition coefficient (Wildman–Crippen LogP) is 5.24. The third-order valence-corrected chi connectivity index (χ3v) is 5.38. The van der Waals surface area contributed by atoms with Gasteiger partial charge < -0.3 is 24.0 Å². The molecule has 1 aliphatic heterocycles. The Balaban J connectivity index is 1.29. The van der Waals surface area contributed by atoms with Gasteiger partial charge in [-0.15, -0.1) is 0 Å². The number of carboxylic acid groups (broad SMARTS) is 1. The first kappa shape index (κ1) is 19.8. The van der Waals surface area contributed by atoms with Gasteiger partial charge in [0.25, 0.3) is 0 Å². The normalized spacial score (nSPS) is 13.4. The van der Waals surface area contributed by atoms with E-state index in [9.17, 15) is 9.90 Å². The summed E-state index contributed by atoms with van der Waals surface area (Å²) in [6, 6.07) is 26.4. The van der Waals surface area contributed by atoms with Crippen LogP contribution >= 0.6 is 0 Å². The van der Waals surface area contributed by atoms with Gasteiger partial charge in [-0.05, 0) is 48.5 Å². The van der Waals surface area contributed by atoms with Crippen molar-refractivity contribution in [3.8, 4) is 22.9 Å². The number of carbonyl (C=O) groups is 1. The molecule has 0 unspecified atom stereocenters. The minimum atomic E-state index is -0.945. The highest BCUT2D eigenvalue weighted by Crippen LogP contribution is 2.33. The molecule has 1 saturated heterocycles. The van der Waals surface area contributed by atoms with Crippen LogP contribution in [0.1, 0.15) is 10.4 Å². The lowest BCUT2D eigenvalue weighted by Gasteiger charge is -2.41. The predicted molar refractivity (Wildman–Crippen MR) is 122 cm³/mol. The van der Waals surface area contributed by atoms with Gasteiger partial charge in [0.1, 0.15) is 23.4 Å². The monoisotopic (exact) mass is 426 g/mol. The summed E-state index contributed by atoms with van der Waals surface area (Å²) in [6.07, 6.45) is 3.72. The summed E-state index contributed by atoms with van der Waals surface area (Å²) in [6.45, 7) is 1.34. The van der Waals surface area contributed by atoms with Crippen LogP contribution in [0, 0.1) is 0 Å². The van der Waals surface area contributed by atoms with E-state index in [0.717, 1.165) is 17.2 Å². The van der Waals surface area contributed by atoms with Gasteiger partial charge >= 0.3 is 5.97 Å². The number of nitrogens with zero attached hydrogens (tertiary/aromatic N) is 2. The van der Waals surface area contributed by atoms with Gasteiger partial charge in [-0.2, -0.15) is 0 Å². The topological polar surface area (TPSA) is 63.9 Å². The third kappa shape index (κ3) is 4.03. The van der Waals surface area contributed by atoms with Crippen molar-refractivity contribution in [1.29, 1.82) is 0 Å². The Morgan fingerprint density at radius 3 is 2.25 bits per heavy atom. The Kier molecular flexibility index (Phi) is 5.25. The first-order valence-corrected chi connectivity index (χ1v) is 10.4. The molecule has 5 rings (SSSR count). The third-order valence-electron chi connectivity index (χ3n) is 5.38. The van der Waals surface area contributed by atoms with Crippen LogP contribution in [0.3, 0.4) is 0 Å². The van der Waals surface area contributed by atoms with E-state index < -0.39 is 5.97 Å². The second-order valence-electron chi connectivity index (χ2n) is 7.60. The molecule has 4 aromatic rings. The van der Waals surface area contributed by atoms with Crippen molar-refractivity contribution >= 4 is 11.7 Å². The molecule has 3 aromatic carbocycles. The van der Waals surface area contributed by atoms with E-state index in [0.29, 0.717) is 24.5 Å². The number of benzene rings is 3. The maximum atomic E-state index is 11.8. The van der Waals surface area contributed by atoms with Crippen LogP contribution in [0.25, 0.3) is 5.69 Å². The Bertz CT molecular complexity index is 1220. The molecular weight excluding hydrogens is 404 g/mol. The van der Waals surface area contributed by atoms with Gasteiger partial charge in [-0.3, -0.25) is 0 Å². The maximum absolute atomic E-state index is 11.8. The van der Waals surface area contributed by atoms with Crippen LogP contribution in [0.2, 0.25) is 0 Å². The summed E-state index contributed by atoms with van der Waals surface area (Å²) in [5, 5.41) is 9.67. The molecule has 1 N–H and O–H groups in total. The second kappa shape index (κ2) is 8.51. The smallest absolute Gasteiger partial charge is 0.337 e. The average Bonchev–Trinajstić information content (AvgIpc) is 3.31. The van der Waals surface area contributed by atoms with Crippen molar-refractivity contribution in [3.05, 3.63) is 103 Å². The quantitative estimate of drug-likeness (QED) is 0.438. The zero-order chi connectivity index (χ0) is 21.9. The number of hydrogen-bond donors (Lipinski definition) is 1. The van der Waals surface area contributed by atoms with Crippen molar-refractivity contribution in [1.82, 2.24) is 4.57 Å². The van der Waals surface area contributed by atoms with E-state index in [1.165, 1.54) is 0 Å². The fraction of sp³-hybridized carbons (Fsp3) is 0.115. The summed E-state index contributed by atoms with van der Waals surface area (Å²) in [7, 11) is 0. The van der Waals surface area contributed by atoms with E-state index in [-0.39, 0.29) is 11.7 Å². The Morgan fingerprint density at radius 1 is 0.812 bits per heavy atom. The molecule has 0 bridgehead atoms. The average molecular weight is 426 g/mol. The Labute approximate surface area is 185 Å². The lowest BCUT2D eigenvalue weighted by molar-refractivity contribution is 0.0697. The van der Waals surface area contributed by atoms with E-state index in [4.69, 9.17) is 9.47 Å². The number of aromatic carboxylic acids is 1. The largest absolute Gasteiger partial charge is 0.487 e. The highest BCUT2D eigenvalue weighted by Gasteiger charge is 2.31. The minimum absolute atomic E-state index is 0.00738. The van der Waals surface area contributed by atoms with Crippen LogP contribution < -0.4 is 14.4 Å². The molecule has 0 spiro atoms. The highest BCUT2D eigenvalue weighted by molar-refractivity contribution is 5.95. The van der Waals surface area contributed by atoms with Gasteiger partial charge in [0.15, 0.2) is 0 Å². The standard InChI is InChI=1S/C26H22N2O4/c29-26(30)23-12-7-13-24(25(23)27-14-4-5-15-27)28-17-22(18-28)32-21-11-6-10-20(16-21)31-19-8-2-1-3-9-19/h1-16,22H,17-18H2,(H,29,30).